The van der Waals surface area contributed by atoms with Gasteiger partial charge in [-0.05, 0) is 17.7 Å². The summed E-state index contributed by atoms with van der Waals surface area (Å²) in [6.07, 6.45) is 0. The maximum absolute atomic E-state index is 10.6. The number of hydrogen-bond donors (Lipinski definition) is 1. The van der Waals surface area contributed by atoms with E-state index in [1.807, 2.05) is 0 Å². The Bertz CT molecular complexity index is 325. The van der Waals surface area contributed by atoms with Crippen LogP contribution in [0.15, 0.2) is 18.2 Å². The zero-order valence-corrected chi connectivity index (χ0v) is 7.97. The molecule has 0 spiro atoms. The topological polar surface area (TPSA) is 52.3 Å². The smallest absolute Gasteiger partial charge is 0.308 e. The van der Waals surface area contributed by atoms with Crippen molar-refractivity contribution < 1.29 is 9.53 Å². The normalized spacial score (nSPS) is 9.77. The molecular weight excluding hydrogens is 190 g/mol. The van der Waals surface area contributed by atoms with E-state index in [0.29, 0.717) is 17.3 Å². The van der Waals surface area contributed by atoms with Crippen LogP contribution in [0.25, 0.3) is 0 Å². The standard InChI is InChI=1S/C9H10ClNO2/c1-6(12)13-8-3-2-7(5-11)9(10)4-8/h2-4H,5,11H2,1H3. The van der Waals surface area contributed by atoms with Crippen LogP contribution in [-0.2, 0) is 11.3 Å². The lowest BCUT2D eigenvalue weighted by molar-refractivity contribution is -0.131. The molecule has 0 saturated carbocycles. The van der Waals surface area contributed by atoms with Crippen molar-refractivity contribution >= 4 is 17.6 Å². The van der Waals surface area contributed by atoms with Crippen molar-refractivity contribution in [3.8, 4) is 5.75 Å². The molecule has 3 nitrogen and oxygen atoms in total. The van der Waals surface area contributed by atoms with Gasteiger partial charge in [0, 0.05) is 18.5 Å². The van der Waals surface area contributed by atoms with Crippen LogP contribution >= 0.6 is 11.6 Å². The van der Waals surface area contributed by atoms with Crippen molar-refractivity contribution in [2.24, 2.45) is 5.73 Å². The SMILES string of the molecule is CC(=O)Oc1ccc(CN)c(Cl)c1. The molecule has 1 aromatic carbocycles. The number of halogens is 1. The Hall–Kier alpha value is -1.06. The first-order valence-electron chi connectivity index (χ1n) is 3.80. The molecular formula is C9H10ClNO2. The first-order chi connectivity index (χ1) is 6.13. The lowest BCUT2D eigenvalue weighted by atomic mass is 10.2. The molecule has 0 aliphatic rings. The van der Waals surface area contributed by atoms with E-state index in [2.05, 4.69) is 0 Å². The maximum Gasteiger partial charge on any atom is 0.308 e. The summed E-state index contributed by atoms with van der Waals surface area (Å²) in [6, 6.07) is 4.97. The van der Waals surface area contributed by atoms with E-state index < -0.39 is 0 Å². The average molecular weight is 200 g/mol. The molecule has 0 radical (unpaired) electrons. The number of benzene rings is 1. The number of ether oxygens (including phenoxy) is 1. The van der Waals surface area contributed by atoms with Gasteiger partial charge in [0.05, 0.1) is 0 Å². The third kappa shape index (κ3) is 2.72. The van der Waals surface area contributed by atoms with Gasteiger partial charge in [-0.1, -0.05) is 17.7 Å². The summed E-state index contributed by atoms with van der Waals surface area (Å²) >= 11 is 5.84. The van der Waals surface area contributed by atoms with E-state index in [-0.39, 0.29) is 5.97 Å². The highest BCUT2D eigenvalue weighted by atomic mass is 35.5. The predicted octanol–water partition coefficient (Wildman–Crippen LogP) is 1.72. The third-order valence-electron chi connectivity index (χ3n) is 1.51. The fraction of sp³-hybridized carbons (Fsp3) is 0.222. The fourth-order valence-corrected chi connectivity index (χ4v) is 1.17. The van der Waals surface area contributed by atoms with Gasteiger partial charge in [-0.15, -0.1) is 0 Å². The minimum Gasteiger partial charge on any atom is -0.427 e. The molecule has 0 atom stereocenters. The lowest BCUT2D eigenvalue weighted by Crippen LogP contribution is -2.02. The molecule has 0 saturated heterocycles. The van der Waals surface area contributed by atoms with E-state index in [0.717, 1.165) is 5.56 Å². The second-order valence-electron chi connectivity index (χ2n) is 2.55. The summed E-state index contributed by atoms with van der Waals surface area (Å²) in [4.78, 5) is 10.6. The molecule has 0 aromatic heterocycles. The Morgan fingerprint density at radius 1 is 1.62 bits per heavy atom. The lowest BCUT2D eigenvalue weighted by Gasteiger charge is -2.04. The first-order valence-corrected chi connectivity index (χ1v) is 4.18. The van der Waals surface area contributed by atoms with Crippen molar-refractivity contribution in [3.05, 3.63) is 28.8 Å². The van der Waals surface area contributed by atoms with Gasteiger partial charge in [0.1, 0.15) is 5.75 Å². The minimum atomic E-state index is -0.364. The molecule has 0 aliphatic carbocycles. The molecule has 0 bridgehead atoms. The number of carbonyl (C=O) groups excluding carboxylic acids is 1. The zero-order valence-electron chi connectivity index (χ0n) is 7.21. The van der Waals surface area contributed by atoms with Crippen molar-refractivity contribution in [1.82, 2.24) is 0 Å². The molecule has 0 heterocycles. The van der Waals surface area contributed by atoms with Gasteiger partial charge in [-0.2, -0.15) is 0 Å². The second-order valence-corrected chi connectivity index (χ2v) is 2.96. The quantitative estimate of drug-likeness (QED) is 0.583. The van der Waals surface area contributed by atoms with Crippen LogP contribution < -0.4 is 10.5 Å². The van der Waals surface area contributed by atoms with Gasteiger partial charge in [0.25, 0.3) is 0 Å². The average Bonchev–Trinajstić information content (AvgIpc) is 2.03. The van der Waals surface area contributed by atoms with E-state index in [9.17, 15) is 4.79 Å². The van der Waals surface area contributed by atoms with E-state index in [4.69, 9.17) is 22.1 Å². The Balaban J connectivity index is 2.89. The van der Waals surface area contributed by atoms with Gasteiger partial charge < -0.3 is 10.5 Å². The minimum absolute atomic E-state index is 0.364. The zero-order chi connectivity index (χ0) is 9.84. The van der Waals surface area contributed by atoms with Gasteiger partial charge in [0.2, 0.25) is 0 Å². The van der Waals surface area contributed by atoms with Crippen LogP contribution in [0.5, 0.6) is 5.75 Å². The van der Waals surface area contributed by atoms with Crippen LogP contribution in [0, 0.1) is 0 Å². The van der Waals surface area contributed by atoms with Gasteiger partial charge >= 0.3 is 5.97 Å². The Morgan fingerprint density at radius 3 is 2.77 bits per heavy atom. The van der Waals surface area contributed by atoms with Crippen molar-refractivity contribution in [2.45, 2.75) is 13.5 Å². The number of hydrogen-bond acceptors (Lipinski definition) is 3. The maximum atomic E-state index is 10.6. The number of nitrogens with two attached hydrogens (primary N) is 1. The van der Waals surface area contributed by atoms with Crippen LogP contribution in [-0.4, -0.2) is 5.97 Å². The monoisotopic (exact) mass is 199 g/mol. The van der Waals surface area contributed by atoms with Crippen molar-refractivity contribution in [3.63, 3.8) is 0 Å². The van der Waals surface area contributed by atoms with Gasteiger partial charge in [0.15, 0.2) is 0 Å². The predicted molar refractivity (Wildman–Crippen MR) is 50.7 cm³/mol. The molecule has 13 heavy (non-hydrogen) atoms. The van der Waals surface area contributed by atoms with Gasteiger partial charge in [-0.25, -0.2) is 0 Å². The van der Waals surface area contributed by atoms with E-state index in [1.165, 1.54) is 6.92 Å². The van der Waals surface area contributed by atoms with Crippen LogP contribution in [0.4, 0.5) is 0 Å². The fourth-order valence-electron chi connectivity index (χ4n) is 0.923. The molecule has 0 aliphatic heterocycles. The highest BCUT2D eigenvalue weighted by Crippen LogP contribution is 2.22. The molecule has 0 fully saturated rings. The van der Waals surface area contributed by atoms with Crippen LogP contribution in [0.3, 0.4) is 0 Å². The largest absolute Gasteiger partial charge is 0.427 e. The van der Waals surface area contributed by atoms with Gasteiger partial charge in [-0.3, -0.25) is 4.79 Å². The Kier molecular flexibility index (Phi) is 3.28. The Morgan fingerprint density at radius 2 is 2.31 bits per heavy atom. The van der Waals surface area contributed by atoms with Crippen molar-refractivity contribution in [1.29, 1.82) is 0 Å². The first kappa shape index (κ1) is 10.0. The number of carbonyl (C=O) groups is 1. The number of esters is 1. The molecule has 0 unspecified atom stereocenters. The second kappa shape index (κ2) is 4.25. The summed E-state index contributed by atoms with van der Waals surface area (Å²) in [5.41, 5.74) is 6.24. The van der Waals surface area contributed by atoms with E-state index in [1.54, 1.807) is 18.2 Å². The summed E-state index contributed by atoms with van der Waals surface area (Å²) in [6.45, 7) is 1.71. The van der Waals surface area contributed by atoms with Crippen LogP contribution in [0.1, 0.15) is 12.5 Å². The third-order valence-corrected chi connectivity index (χ3v) is 1.86. The highest BCUT2D eigenvalue weighted by Gasteiger charge is 2.02. The summed E-state index contributed by atoms with van der Waals surface area (Å²) < 4.78 is 4.83. The summed E-state index contributed by atoms with van der Waals surface area (Å²) in [7, 11) is 0. The molecule has 4 heteroatoms. The number of rotatable bonds is 2. The molecule has 0 amide bonds. The van der Waals surface area contributed by atoms with Crippen LogP contribution in [0.2, 0.25) is 5.02 Å². The summed E-state index contributed by atoms with van der Waals surface area (Å²) in [5.74, 6) is 0.0752. The van der Waals surface area contributed by atoms with Crippen molar-refractivity contribution in [2.75, 3.05) is 0 Å². The van der Waals surface area contributed by atoms with E-state index >= 15 is 0 Å². The Labute approximate surface area is 81.4 Å². The molecule has 2 N–H and O–H groups in total. The molecule has 70 valence electrons. The highest BCUT2D eigenvalue weighted by molar-refractivity contribution is 6.31. The summed E-state index contributed by atoms with van der Waals surface area (Å²) in [5, 5.41) is 0.515. The molecule has 1 aromatic rings. The molecule has 1 rings (SSSR count).